The van der Waals surface area contributed by atoms with E-state index in [1.165, 1.54) is 13.4 Å². The van der Waals surface area contributed by atoms with Crippen LogP contribution in [-0.2, 0) is 4.74 Å². The molecule has 6 nitrogen and oxygen atoms in total. The van der Waals surface area contributed by atoms with Crippen molar-refractivity contribution < 1.29 is 14.3 Å². The summed E-state index contributed by atoms with van der Waals surface area (Å²) >= 11 is 0. The minimum atomic E-state index is -0.531. The van der Waals surface area contributed by atoms with Crippen LogP contribution in [0, 0.1) is 0 Å². The zero-order chi connectivity index (χ0) is 13.7. The van der Waals surface area contributed by atoms with Crippen LogP contribution < -0.4 is 10.1 Å². The highest BCUT2D eigenvalue weighted by Gasteiger charge is 2.09. The number of methoxy groups -OCH3 is 2. The minimum Gasteiger partial charge on any atom is -0.496 e. The molecule has 2 aromatic rings. The monoisotopic (exact) mass is 259 g/mol. The van der Waals surface area contributed by atoms with Crippen LogP contribution in [0.3, 0.4) is 0 Å². The Labute approximate surface area is 110 Å². The summed E-state index contributed by atoms with van der Waals surface area (Å²) < 4.78 is 9.83. The molecule has 1 aromatic carbocycles. The summed E-state index contributed by atoms with van der Waals surface area (Å²) in [5.41, 5.74) is 2.15. The third kappa shape index (κ3) is 2.98. The molecule has 0 radical (unpaired) electrons. The van der Waals surface area contributed by atoms with E-state index in [1.54, 1.807) is 31.5 Å². The number of ether oxygens (including phenoxy) is 2. The Hall–Kier alpha value is -2.63. The summed E-state index contributed by atoms with van der Waals surface area (Å²) in [6.45, 7) is 0. The number of anilines is 1. The van der Waals surface area contributed by atoms with Crippen LogP contribution in [0.5, 0.6) is 5.75 Å². The van der Waals surface area contributed by atoms with E-state index in [2.05, 4.69) is 20.0 Å². The summed E-state index contributed by atoms with van der Waals surface area (Å²) in [6, 6.07) is 7.04. The molecule has 0 unspecified atom stereocenters. The first kappa shape index (κ1) is 12.8. The number of benzene rings is 1. The molecule has 1 heterocycles. The Kier molecular flexibility index (Phi) is 3.92. The van der Waals surface area contributed by atoms with Gasteiger partial charge < -0.3 is 9.47 Å². The Balaban J connectivity index is 2.34. The highest BCUT2D eigenvalue weighted by molar-refractivity contribution is 5.86. The van der Waals surface area contributed by atoms with Crippen molar-refractivity contribution in [3.8, 4) is 17.0 Å². The molecule has 19 heavy (non-hydrogen) atoms. The Morgan fingerprint density at radius 2 is 2.11 bits per heavy atom. The molecule has 0 fully saturated rings. The largest absolute Gasteiger partial charge is 0.496 e. The maximum absolute atomic E-state index is 11.1. The number of hydrogen-bond donors (Lipinski definition) is 1. The van der Waals surface area contributed by atoms with E-state index in [9.17, 15) is 4.79 Å². The number of aromatic nitrogens is 2. The van der Waals surface area contributed by atoms with Gasteiger partial charge in [0, 0.05) is 23.5 Å². The Morgan fingerprint density at radius 1 is 1.26 bits per heavy atom. The summed E-state index contributed by atoms with van der Waals surface area (Å²) in [6.07, 6.45) is 2.59. The normalized spacial score (nSPS) is 9.79. The van der Waals surface area contributed by atoms with Gasteiger partial charge in [0.15, 0.2) is 0 Å². The maximum atomic E-state index is 11.1. The van der Waals surface area contributed by atoms with Gasteiger partial charge in [0.05, 0.1) is 19.9 Å². The minimum absolute atomic E-state index is 0.531. The van der Waals surface area contributed by atoms with Crippen molar-refractivity contribution in [1.82, 2.24) is 9.97 Å². The molecule has 6 heteroatoms. The van der Waals surface area contributed by atoms with Crippen LogP contribution >= 0.6 is 0 Å². The molecule has 0 saturated carbocycles. The third-order valence-electron chi connectivity index (χ3n) is 2.49. The molecule has 0 atom stereocenters. The number of hydrogen-bond acceptors (Lipinski definition) is 5. The average molecular weight is 259 g/mol. The summed E-state index contributed by atoms with van der Waals surface area (Å²) in [5, 5.41) is 2.57. The van der Waals surface area contributed by atoms with Crippen molar-refractivity contribution >= 4 is 11.8 Å². The van der Waals surface area contributed by atoms with Crippen molar-refractivity contribution in [2.45, 2.75) is 0 Å². The van der Waals surface area contributed by atoms with Gasteiger partial charge in [-0.1, -0.05) is 0 Å². The number of nitrogens with one attached hydrogen (secondary N) is 1. The van der Waals surface area contributed by atoms with Gasteiger partial charge in [-0.2, -0.15) is 0 Å². The first-order valence-electron chi connectivity index (χ1n) is 5.54. The molecule has 0 aliphatic heterocycles. The molecule has 1 N–H and O–H groups in total. The molecular weight excluding hydrogens is 246 g/mol. The molecular formula is C13H13N3O3. The van der Waals surface area contributed by atoms with Gasteiger partial charge in [0.1, 0.15) is 12.1 Å². The first-order valence-corrected chi connectivity index (χ1v) is 5.54. The fourth-order valence-corrected chi connectivity index (χ4v) is 1.60. The van der Waals surface area contributed by atoms with Crippen LogP contribution in [0.1, 0.15) is 0 Å². The molecule has 1 aromatic heterocycles. The number of carbonyl (C=O) groups is 1. The lowest BCUT2D eigenvalue weighted by atomic mass is 10.1. The van der Waals surface area contributed by atoms with E-state index in [4.69, 9.17) is 4.74 Å². The van der Waals surface area contributed by atoms with Crippen LogP contribution in [0.15, 0.2) is 36.8 Å². The second-order valence-electron chi connectivity index (χ2n) is 3.63. The predicted octanol–water partition coefficient (Wildman–Crippen LogP) is 2.33. The van der Waals surface area contributed by atoms with E-state index in [-0.39, 0.29) is 0 Å². The average Bonchev–Trinajstić information content (AvgIpc) is 2.47. The molecule has 0 bridgehead atoms. The van der Waals surface area contributed by atoms with Crippen LogP contribution in [0.4, 0.5) is 10.5 Å². The second kappa shape index (κ2) is 5.81. The molecule has 1 amide bonds. The highest BCUT2D eigenvalue weighted by Crippen LogP contribution is 2.30. The van der Waals surface area contributed by atoms with Gasteiger partial charge >= 0.3 is 6.09 Å². The van der Waals surface area contributed by atoms with Crippen LogP contribution in [0.25, 0.3) is 11.3 Å². The lowest BCUT2D eigenvalue weighted by molar-refractivity contribution is 0.187. The number of nitrogens with zero attached hydrogens (tertiary/aromatic N) is 2. The fraction of sp³-hybridized carbons (Fsp3) is 0.154. The highest BCUT2D eigenvalue weighted by atomic mass is 16.5. The molecule has 0 spiro atoms. The van der Waals surface area contributed by atoms with Gasteiger partial charge in [-0.05, 0) is 18.2 Å². The van der Waals surface area contributed by atoms with E-state index >= 15 is 0 Å². The Bertz CT molecular complexity index is 573. The van der Waals surface area contributed by atoms with E-state index in [0.717, 1.165) is 11.3 Å². The van der Waals surface area contributed by atoms with Gasteiger partial charge in [-0.3, -0.25) is 5.32 Å². The Morgan fingerprint density at radius 3 is 2.74 bits per heavy atom. The molecule has 0 aliphatic rings. The lowest BCUT2D eigenvalue weighted by Crippen LogP contribution is -2.10. The van der Waals surface area contributed by atoms with E-state index < -0.39 is 6.09 Å². The number of carbonyl (C=O) groups excluding carboxylic acids is 1. The zero-order valence-electron chi connectivity index (χ0n) is 10.6. The molecule has 98 valence electrons. The quantitative estimate of drug-likeness (QED) is 0.915. The van der Waals surface area contributed by atoms with Crippen molar-refractivity contribution in [1.29, 1.82) is 0 Å². The smallest absolute Gasteiger partial charge is 0.411 e. The first-order chi connectivity index (χ1) is 9.24. The second-order valence-corrected chi connectivity index (χ2v) is 3.63. The molecule has 0 aliphatic carbocycles. The maximum Gasteiger partial charge on any atom is 0.411 e. The fourth-order valence-electron chi connectivity index (χ4n) is 1.60. The summed E-state index contributed by atoms with van der Waals surface area (Å²) in [7, 11) is 2.86. The van der Waals surface area contributed by atoms with Gasteiger partial charge in [0.2, 0.25) is 0 Å². The number of rotatable bonds is 3. The summed E-state index contributed by atoms with van der Waals surface area (Å²) in [4.78, 5) is 19.2. The molecule has 0 saturated heterocycles. The van der Waals surface area contributed by atoms with Crippen molar-refractivity contribution in [2.24, 2.45) is 0 Å². The third-order valence-corrected chi connectivity index (χ3v) is 2.49. The topological polar surface area (TPSA) is 73.3 Å². The van der Waals surface area contributed by atoms with Crippen LogP contribution in [-0.4, -0.2) is 30.3 Å². The van der Waals surface area contributed by atoms with Gasteiger partial charge in [-0.25, -0.2) is 14.8 Å². The summed E-state index contributed by atoms with van der Waals surface area (Å²) in [5.74, 6) is 0.604. The predicted molar refractivity (Wildman–Crippen MR) is 70.0 cm³/mol. The molecule has 2 rings (SSSR count). The standard InChI is InChI=1S/C13H13N3O3/c1-18-12-7-9(16-13(17)19-2)3-4-10(12)11-5-6-14-8-15-11/h3-8H,1-2H3,(H,16,17). The zero-order valence-corrected chi connectivity index (χ0v) is 10.6. The van der Waals surface area contributed by atoms with E-state index in [0.29, 0.717) is 11.4 Å². The lowest BCUT2D eigenvalue weighted by Gasteiger charge is -2.10. The van der Waals surface area contributed by atoms with Gasteiger partial charge in [0.25, 0.3) is 0 Å². The number of amides is 1. The van der Waals surface area contributed by atoms with Crippen molar-refractivity contribution in [3.05, 3.63) is 36.8 Å². The van der Waals surface area contributed by atoms with Gasteiger partial charge in [-0.15, -0.1) is 0 Å². The van der Waals surface area contributed by atoms with Crippen molar-refractivity contribution in [2.75, 3.05) is 19.5 Å². The SMILES string of the molecule is COC(=O)Nc1ccc(-c2ccncn2)c(OC)c1. The van der Waals surface area contributed by atoms with Crippen molar-refractivity contribution in [3.63, 3.8) is 0 Å². The van der Waals surface area contributed by atoms with E-state index in [1.807, 2.05) is 6.07 Å². The van der Waals surface area contributed by atoms with Crippen LogP contribution in [0.2, 0.25) is 0 Å².